The molecule has 2 aliphatic heterocycles. The van der Waals surface area contributed by atoms with Crippen molar-refractivity contribution in [2.45, 2.75) is 38.1 Å². The first kappa shape index (κ1) is 26.9. The average molecular weight is 584 g/mol. The second-order valence-electron chi connectivity index (χ2n) is 11.0. The molecule has 2 aromatic carbocycles. The highest BCUT2D eigenvalue weighted by Crippen LogP contribution is 2.41. The van der Waals surface area contributed by atoms with Crippen molar-refractivity contribution in [3.8, 4) is 0 Å². The van der Waals surface area contributed by atoms with Gasteiger partial charge in [-0.05, 0) is 84.4 Å². The molecule has 1 unspecified atom stereocenters. The van der Waals surface area contributed by atoms with E-state index in [0.717, 1.165) is 55.4 Å². The molecule has 1 spiro atoms. The molecule has 0 radical (unpaired) electrons. The van der Waals surface area contributed by atoms with Crippen LogP contribution in [-0.4, -0.2) is 53.7 Å². The lowest BCUT2D eigenvalue weighted by Gasteiger charge is -2.39. The Bertz CT molecular complexity index is 1500. The Kier molecular flexibility index (Phi) is 7.12. The highest BCUT2D eigenvalue weighted by molar-refractivity contribution is 7.12. The number of piperidine rings is 1. The molecule has 1 N–H and O–H groups in total. The van der Waals surface area contributed by atoms with Gasteiger partial charge in [-0.15, -0.1) is 11.3 Å². The fraction of sp³-hybridized carbons (Fsp3) is 0.367. The fourth-order valence-corrected chi connectivity index (χ4v) is 7.33. The van der Waals surface area contributed by atoms with Crippen LogP contribution in [0.5, 0.6) is 0 Å². The molecule has 0 saturated carbocycles. The topological polar surface area (TPSA) is 69.7 Å². The third kappa shape index (κ3) is 5.01. The molecular formula is C30H28ClF2N3O3S. The number of fused-ring (bicyclic) bond motifs is 1. The first-order valence-electron chi connectivity index (χ1n) is 13.4. The van der Waals surface area contributed by atoms with Crippen molar-refractivity contribution >= 4 is 40.7 Å². The average Bonchev–Trinajstić information content (AvgIpc) is 3.67. The third-order valence-corrected chi connectivity index (χ3v) is 9.94. The number of aryl methyl sites for hydroxylation is 1. The second kappa shape index (κ2) is 10.6. The third-order valence-electron chi connectivity index (χ3n) is 8.60. The molecule has 0 bridgehead atoms. The van der Waals surface area contributed by atoms with Crippen molar-refractivity contribution in [1.82, 2.24) is 15.1 Å². The van der Waals surface area contributed by atoms with Gasteiger partial charge >= 0.3 is 0 Å². The Balaban J connectivity index is 1.09. The summed E-state index contributed by atoms with van der Waals surface area (Å²) in [7, 11) is 0. The van der Waals surface area contributed by atoms with Crippen molar-refractivity contribution in [1.29, 1.82) is 0 Å². The molecule has 3 heterocycles. The molecular weight excluding hydrogens is 556 g/mol. The van der Waals surface area contributed by atoms with Gasteiger partial charge in [0.05, 0.1) is 16.6 Å². The zero-order chi connectivity index (χ0) is 28.0. The summed E-state index contributed by atoms with van der Waals surface area (Å²) in [6, 6.07) is 10.3. The van der Waals surface area contributed by atoms with E-state index in [1.807, 2.05) is 23.1 Å². The maximum Gasteiger partial charge on any atom is 0.263 e. The number of rotatable bonds is 4. The maximum atomic E-state index is 14.1. The van der Waals surface area contributed by atoms with Crippen molar-refractivity contribution < 1.29 is 23.2 Å². The maximum absolute atomic E-state index is 14.1. The van der Waals surface area contributed by atoms with Crippen LogP contribution < -0.4 is 5.32 Å². The SMILES string of the molecule is O=C(NC1CCc2ccc(C(=O)N3CCC4(CCN(C(=O)c5ccc(F)cc5F)CC4)C3)cc21)c1sccc1Cl. The van der Waals surface area contributed by atoms with Crippen LogP contribution in [-0.2, 0) is 6.42 Å². The standard InChI is InChI=1S/C30H28ClF2N3O3S/c31-23-7-14-40-26(23)27(37)34-25-6-3-18-1-2-19(15-22(18)25)28(38)36-13-10-30(17-36)8-11-35(12-9-30)29(39)21-5-4-20(32)16-24(21)33/h1-2,4-5,7,14-16,25H,3,6,8-13,17H2,(H,34,37). The normalized spacial score (nSPS) is 19.6. The summed E-state index contributed by atoms with van der Waals surface area (Å²) in [6.45, 7) is 2.17. The molecule has 6 rings (SSSR count). The first-order valence-corrected chi connectivity index (χ1v) is 14.7. The summed E-state index contributed by atoms with van der Waals surface area (Å²) < 4.78 is 27.4. The summed E-state index contributed by atoms with van der Waals surface area (Å²) in [4.78, 5) is 43.1. The number of carbonyl (C=O) groups is 3. The van der Waals surface area contributed by atoms with Crippen molar-refractivity contribution in [2.75, 3.05) is 26.2 Å². The van der Waals surface area contributed by atoms with Gasteiger partial charge in [0.25, 0.3) is 17.7 Å². The second-order valence-corrected chi connectivity index (χ2v) is 12.3. The van der Waals surface area contributed by atoms with Crippen LogP contribution in [0.3, 0.4) is 0 Å². The predicted molar refractivity (Wildman–Crippen MR) is 149 cm³/mol. The Morgan fingerprint density at radius 2 is 1.70 bits per heavy atom. The molecule has 1 aliphatic carbocycles. The van der Waals surface area contributed by atoms with Crippen LogP contribution in [0.2, 0.25) is 5.02 Å². The minimum Gasteiger partial charge on any atom is -0.344 e. The van der Waals surface area contributed by atoms with E-state index in [9.17, 15) is 23.2 Å². The Morgan fingerprint density at radius 1 is 0.950 bits per heavy atom. The van der Waals surface area contributed by atoms with E-state index >= 15 is 0 Å². The van der Waals surface area contributed by atoms with Crippen molar-refractivity contribution in [2.24, 2.45) is 5.41 Å². The summed E-state index contributed by atoms with van der Waals surface area (Å²) in [5.41, 5.74) is 2.50. The molecule has 10 heteroatoms. The van der Waals surface area contributed by atoms with Crippen LogP contribution >= 0.6 is 22.9 Å². The number of benzene rings is 2. The van der Waals surface area contributed by atoms with Crippen LogP contribution in [0.25, 0.3) is 0 Å². The van der Waals surface area contributed by atoms with Gasteiger partial charge in [0.15, 0.2) is 0 Å². The number of nitrogens with one attached hydrogen (secondary N) is 1. The van der Waals surface area contributed by atoms with E-state index in [4.69, 9.17) is 11.6 Å². The van der Waals surface area contributed by atoms with Gasteiger partial charge in [0, 0.05) is 37.8 Å². The number of carbonyl (C=O) groups excluding carboxylic acids is 3. The van der Waals surface area contributed by atoms with Gasteiger partial charge in [0.1, 0.15) is 16.5 Å². The zero-order valence-electron chi connectivity index (χ0n) is 21.7. The van der Waals surface area contributed by atoms with E-state index in [1.165, 1.54) is 17.4 Å². The quantitative estimate of drug-likeness (QED) is 0.418. The predicted octanol–water partition coefficient (Wildman–Crippen LogP) is 5.87. The van der Waals surface area contributed by atoms with Crippen molar-refractivity contribution in [3.05, 3.63) is 91.6 Å². The summed E-state index contributed by atoms with van der Waals surface area (Å²) in [5.74, 6) is -2.24. The smallest absolute Gasteiger partial charge is 0.263 e. The van der Waals surface area contributed by atoms with E-state index < -0.39 is 17.5 Å². The largest absolute Gasteiger partial charge is 0.344 e. The minimum atomic E-state index is -0.852. The van der Waals surface area contributed by atoms with Gasteiger partial charge in [-0.1, -0.05) is 17.7 Å². The molecule has 1 aromatic heterocycles. The molecule has 2 fully saturated rings. The number of amides is 3. The zero-order valence-corrected chi connectivity index (χ0v) is 23.3. The molecule has 2 saturated heterocycles. The highest BCUT2D eigenvalue weighted by atomic mass is 35.5. The van der Waals surface area contributed by atoms with Gasteiger partial charge < -0.3 is 15.1 Å². The monoisotopic (exact) mass is 583 g/mol. The van der Waals surface area contributed by atoms with E-state index in [-0.39, 0.29) is 28.8 Å². The fourth-order valence-electron chi connectivity index (χ4n) is 6.28. The Hall–Kier alpha value is -3.30. The molecule has 208 valence electrons. The number of halogens is 3. The summed E-state index contributed by atoms with van der Waals surface area (Å²) in [5, 5.41) is 5.30. The molecule has 3 aliphatic rings. The number of likely N-dealkylation sites (tertiary alicyclic amines) is 2. The van der Waals surface area contributed by atoms with Gasteiger partial charge in [0.2, 0.25) is 0 Å². The van der Waals surface area contributed by atoms with Crippen LogP contribution in [0.4, 0.5) is 8.78 Å². The highest BCUT2D eigenvalue weighted by Gasteiger charge is 2.43. The Morgan fingerprint density at radius 3 is 2.40 bits per heavy atom. The summed E-state index contributed by atoms with van der Waals surface area (Å²) in [6.07, 6.45) is 3.88. The minimum absolute atomic E-state index is 0.0372. The van der Waals surface area contributed by atoms with Crippen LogP contribution in [0, 0.1) is 17.0 Å². The number of thiophene rings is 1. The van der Waals surface area contributed by atoms with Crippen LogP contribution in [0.15, 0.2) is 47.8 Å². The number of hydrogen-bond acceptors (Lipinski definition) is 4. The lowest BCUT2D eigenvalue weighted by atomic mass is 9.77. The molecule has 40 heavy (non-hydrogen) atoms. The number of hydrogen-bond donors (Lipinski definition) is 1. The van der Waals surface area contributed by atoms with Crippen molar-refractivity contribution in [3.63, 3.8) is 0 Å². The first-order chi connectivity index (χ1) is 19.2. The molecule has 3 aromatic rings. The van der Waals surface area contributed by atoms with Gasteiger partial charge in [-0.25, -0.2) is 8.78 Å². The van der Waals surface area contributed by atoms with Crippen LogP contribution in [0.1, 0.15) is 73.2 Å². The van der Waals surface area contributed by atoms with E-state index in [2.05, 4.69) is 5.32 Å². The van der Waals surface area contributed by atoms with Gasteiger partial charge in [-0.3, -0.25) is 14.4 Å². The number of nitrogens with zero attached hydrogens (tertiary/aromatic N) is 2. The lowest BCUT2D eigenvalue weighted by Crippen LogP contribution is -2.45. The lowest BCUT2D eigenvalue weighted by molar-refractivity contribution is 0.0561. The molecule has 6 nitrogen and oxygen atoms in total. The van der Waals surface area contributed by atoms with Gasteiger partial charge in [-0.2, -0.15) is 0 Å². The Labute approximate surface area is 239 Å². The molecule has 3 amide bonds. The molecule has 1 atom stereocenters. The summed E-state index contributed by atoms with van der Waals surface area (Å²) >= 11 is 7.44. The van der Waals surface area contributed by atoms with E-state index in [1.54, 1.807) is 16.3 Å². The van der Waals surface area contributed by atoms with E-state index in [0.29, 0.717) is 41.6 Å².